The average Bonchev–Trinajstić information content (AvgIpc) is 3.07. The van der Waals surface area contributed by atoms with Gasteiger partial charge in [-0.25, -0.2) is 8.42 Å². The normalized spacial score (nSPS) is 12.3. The van der Waals surface area contributed by atoms with Crippen molar-refractivity contribution in [2.75, 3.05) is 24.8 Å². The van der Waals surface area contributed by atoms with Crippen LogP contribution in [-0.4, -0.2) is 44.3 Å². The number of thiazole rings is 1. The molecule has 0 unspecified atom stereocenters. The minimum atomic E-state index is -3.56. The molecule has 0 aliphatic carbocycles. The Hall–Kier alpha value is -2.82. The summed E-state index contributed by atoms with van der Waals surface area (Å²) < 4.78 is 32.7. The molecule has 0 aliphatic rings. The second-order valence-corrected chi connectivity index (χ2v) is 9.90. The molecule has 164 valence electrons. The summed E-state index contributed by atoms with van der Waals surface area (Å²) in [6, 6.07) is 13.5. The number of methoxy groups -OCH3 is 1. The summed E-state index contributed by atoms with van der Waals surface area (Å²) in [5.74, 6) is -1.00. The Balaban J connectivity index is 1.88. The Morgan fingerprint density at radius 2 is 1.90 bits per heavy atom. The molecule has 0 radical (unpaired) electrons. The second kappa shape index (κ2) is 9.99. The van der Waals surface area contributed by atoms with E-state index in [1.54, 1.807) is 31.4 Å². The molecule has 0 aliphatic heterocycles. The number of sulfone groups is 1. The number of carbonyl (C=O) groups excluding carboxylic acids is 2. The number of benzene rings is 2. The number of rotatable bonds is 8. The zero-order valence-corrected chi connectivity index (χ0v) is 18.8. The molecule has 1 N–H and O–H groups in total. The maximum Gasteiger partial charge on any atom is 0.249 e. The second-order valence-electron chi connectivity index (χ2n) is 6.78. The Kier molecular flexibility index (Phi) is 7.37. The van der Waals surface area contributed by atoms with Crippen molar-refractivity contribution in [1.82, 2.24) is 4.57 Å². The quantitative estimate of drug-likeness (QED) is 0.555. The van der Waals surface area contributed by atoms with Crippen LogP contribution in [0.5, 0.6) is 0 Å². The Labute approximate surface area is 184 Å². The van der Waals surface area contributed by atoms with Gasteiger partial charge in [-0.05, 0) is 30.3 Å². The molecule has 2 aromatic carbocycles. The zero-order chi connectivity index (χ0) is 22.4. The standard InChI is InChI=1S/C21H23N3O5S2/c1-15(25)22-16-8-9-18-19(14-16)30-21(24(18)11-12-29-2)23-20(26)10-13-31(27,28)17-6-4-3-5-7-17/h3-9,14H,10-13H2,1-2H3,(H,22,25). The predicted octanol–water partition coefficient (Wildman–Crippen LogP) is 2.60. The minimum Gasteiger partial charge on any atom is -0.383 e. The molecule has 0 atom stereocenters. The number of carbonyl (C=O) groups is 2. The van der Waals surface area contributed by atoms with E-state index in [-0.39, 0.29) is 23.0 Å². The Morgan fingerprint density at radius 1 is 1.16 bits per heavy atom. The number of nitrogens with zero attached hydrogens (tertiary/aromatic N) is 2. The number of ether oxygens (including phenoxy) is 1. The Bertz CT molecular complexity index is 1260. The van der Waals surface area contributed by atoms with Crippen molar-refractivity contribution in [2.45, 2.75) is 24.8 Å². The predicted molar refractivity (Wildman–Crippen MR) is 120 cm³/mol. The van der Waals surface area contributed by atoms with Gasteiger partial charge >= 0.3 is 0 Å². The lowest BCUT2D eigenvalue weighted by Crippen LogP contribution is -2.20. The van der Waals surface area contributed by atoms with Crippen LogP contribution >= 0.6 is 11.3 Å². The molecule has 0 fully saturated rings. The van der Waals surface area contributed by atoms with Gasteiger partial charge in [-0.1, -0.05) is 29.5 Å². The van der Waals surface area contributed by atoms with Crippen LogP contribution in [0.25, 0.3) is 10.2 Å². The van der Waals surface area contributed by atoms with E-state index in [4.69, 9.17) is 4.74 Å². The number of aromatic nitrogens is 1. The lowest BCUT2D eigenvalue weighted by molar-refractivity contribution is -0.117. The van der Waals surface area contributed by atoms with Gasteiger partial charge in [0.2, 0.25) is 11.8 Å². The summed E-state index contributed by atoms with van der Waals surface area (Å²) in [4.78, 5) is 28.6. The van der Waals surface area contributed by atoms with Crippen LogP contribution < -0.4 is 10.1 Å². The van der Waals surface area contributed by atoms with Crippen molar-refractivity contribution in [3.63, 3.8) is 0 Å². The highest BCUT2D eigenvalue weighted by Gasteiger charge is 2.16. The highest BCUT2D eigenvalue weighted by Crippen LogP contribution is 2.22. The monoisotopic (exact) mass is 461 g/mol. The van der Waals surface area contributed by atoms with Gasteiger partial charge in [0.25, 0.3) is 0 Å². The maximum atomic E-state index is 12.5. The average molecular weight is 462 g/mol. The third kappa shape index (κ3) is 5.87. The van der Waals surface area contributed by atoms with E-state index < -0.39 is 15.7 Å². The van der Waals surface area contributed by atoms with Gasteiger partial charge in [0.05, 0.1) is 27.5 Å². The van der Waals surface area contributed by atoms with Crippen molar-refractivity contribution in [3.05, 3.63) is 53.3 Å². The van der Waals surface area contributed by atoms with E-state index in [0.717, 1.165) is 10.2 Å². The maximum absolute atomic E-state index is 12.5. The number of hydrogen-bond donors (Lipinski definition) is 1. The summed E-state index contributed by atoms with van der Waals surface area (Å²) in [6.45, 7) is 2.33. The van der Waals surface area contributed by atoms with Crippen LogP contribution in [0.15, 0.2) is 58.4 Å². The van der Waals surface area contributed by atoms with Crippen molar-refractivity contribution in [2.24, 2.45) is 4.99 Å². The van der Waals surface area contributed by atoms with E-state index in [0.29, 0.717) is 23.6 Å². The number of hydrogen-bond acceptors (Lipinski definition) is 6. The molecule has 0 bridgehead atoms. The van der Waals surface area contributed by atoms with Gasteiger partial charge in [0.1, 0.15) is 0 Å². The van der Waals surface area contributed by atoms with Crippen molar-refractivity contribution < 1.29 is 22.7 Å². The number of nitrogens with one attached hydrogen (secondary N) is 1. The third-order valence-electron chi connectivity index (χ3n) is 4.43. The molecule has 1 aromatic heterocycles. The largest absolute Gasteiger partial charge is 0.383 e. The molecule has 0 spiro atoms. The lowest BCUT2D eigenvalue weighted by atomic mass is 10.3. The van der Waals surface area contributed by atoms with Gasteiger partial charge in [-0.15, -0.1) is 0 Å². The van der Waals surface area contributed by atoms with E-state index >= 15 is 0 Å². The molecule has 3 aromatic rings. The fraction of sp³-hybridized carbons (Fsp3) is 0.286. The molecule has 3 rings (SSSR count). The zero-order valence-electron chi connectivity index (χ0n) is 17.2. The Morgan fingerprint density at radius 3 is 2.58 bits per heavy atom. The van der Waals surface area contributed by atoms with Crippen LogP contribution in [0.1, 0.15) is 13.3 Å². The molecule has 8 nitrogen and oxygen atoms in total. The highest BCUT2D eigenvalue weighted by atomic mass is 32.2. The van der Waals surface area contributed by atoms with Crippen LogP contribution in [0.2, 0.25) is 0 Å². The van der Waals surface area contributed by atoms with Crippen molar-refractivity contribution >= 4 is 48.9 Å². The first-order chi connectivity index (χ1) is 14.8. The van der Waals surface area contributed by atoms with E-state index in [1.807, 2.05) is 16.7 Å². The third-order valence-corrected chi connectivity index (χ3v) is 7.20. The summed E-state index contributed by atoms with van der Waals surface area (Å²) in [5.41, 5.74) is 1.49. The SMILES string of the molecule is COCCn1c(=NC(=O)CCS(=O)(=O)c2ccccc2)sc2cc(NC(C)=O)ccc21. The highest BCUT2D eigenvalue weighted by molar-refractivity contribution is 7.91. The first-order valence-corrected chi connectivity index (χ1v) is 12.0. The smallest absolute Gasteiger partial charge is 0.249 e. The summed E-state index contributed by atoms with van der Waals surface area (Å²) in [6.07, 6.45) is -0.215. The van der Waals surface area contributed by atoms with Crippen LogP contribution in [0.3, 0.4) is 0 Å². The molecule has 0 saturated carbocycles. The van der Waals surface area contributed by atoms with E-state index in [1.165, 1.54) is 30.4 Å². The molecule has 1 heterocycles. The van der Waals surface area contributed by atoms with Crippen molar-refractivity contribution in [1.29, 1.82) is 0 Å². The summed E-state index contributed by atoms with van der Waals surface area (Å²) in [5, 5.41) is 2.73. The molecule has 31 heavy (non-hydrogen) atoms. The summed E-state index contributed by atoms with van der Waals surface area (Å²) in [7, 11) is -1.97. The fourth-order valence-electron chi connectivity index (χ4n) is 2.97. The van der Waals surface area contributed by atoms with Crippen LogP contribution in [0, 0.1) is 0 Å². The van der Waals surface area contributed by atoms with Gasteiger partial charge < -0.3 is 14.6 Å². The fourth-order valence-corrected chi connectivity index (χ4v) is 5.33. The topological polar surface area (TPSA) is 107 Å². The first kappa shape index (κ1) is 22.9. The van der Waals surface area contributed by atoms with Gasteiger partial charge in [0, 0.05) is 32.7 Å². The van der Waals surface area contributed by atoms with Crippen molar-refractivity contribution in [3.8, 4) is 0 Å². The van der Waals surface area contributed by atoms with Gasteiger partial charge in [-0.3, -0.25) is 9.59 Å². The minimum absolute atomic E-state index is 0.178. The molecule has 0 saturated heterocycles. The van der Waals surface area contributed by atoms with Gasteiger partial charge in [0.15, 0.2) is 14.6 Å². The number of amides is 2. The summed E-state index contributed by atoms with van der Waals surface area (Å²) >= 11 is 1.29. The van der Waals surface area contributed by atoms with Gasteiger partial charge in [-0.2, -0.15) is 4.99 Å². The van der Waals surface area contributed by atoms with E-state index in [2.05, 4.69) is 10.3 Å². The molecule has 10 heteroatoms. The molecule has 2 amide bonds. The first-order valence-electron chi connectivity index (χ1n) is 9.55. The number of fused-ring (bicyclic) bond motifs is 1. The molecular weight excluding hydrogens is 438 g/mol. The van der Waals surface area contributed by atoms with E-state index in [9.17, 15) is 18.0 Å². The van der Waals surface area contributed by atoms with Crippen LogP contribution in [0.4, 0.5) is 5.69 Å². The van der Waals surface area contributed by atoms with Crippen LogP contribution in [-0.2, 0) is 30.7 Å². The lowest BCUT2D eigenvalue weighted by Gasteiger charge is -2.06. The molecular formula is C21H23N3O5S2. The number of anilines is 1.